The summed E-state index contributed by atoms with van der Waals surface area (Å²) in [6.45, 7) is 3.82. The standard InChI is InChI=1S/C12H19N3O3S/c1-12(2,11(16)13-3)8-15-10-9(19(4,17)18)6-5-7-14-10/h5-7H,8H2,1-4H3,(H,13,16)(H,14,15). The van der Waals surface area contributed by atoms with E-state index in [1.54, 1.807) is 27.0 Å². The van der Waals surface area contributed by atoms with E-state index in [-0.39, 0.29) is 23.2 Å². The Hall–Kier alpha value is -1.63. The molecule has 0 aliphatic rings. The number of carbonyl (C=O) groups is 1. The highest BCUT2D eigenvalue weighted by atomic mass is 32.2. The van der Waals surface area contributed by atoms with Gasteiger partial charge < -0.3 is 10.6 Å². The minimum absolute atomic E-state index is 0.128. The molecule has 0 unspecified atom stereocenters. The van der Waals surface area contributed by atoms with Gasteiger partial charge in [-0.05, 0) is 26.0 Å². The zero-order chi connectivity index (χ0) is 14.7. The predicted molar refractivity (Wildman–Crippen MR) is 73.7 cm³/mol. The molecule has 0 aliphatic heterocycles. The van der Waals surface area contributed by atoms with E-state index in [0.717, 1.165) is 6.26 Å². The van der Waals surface area contributed by atoms with Crippen LogP contribution in [-0.4, -0.2) is 39.2 Å². The maximum absolute atomic E-state index is 11.6. The van der Waals surface area contributed by atoms with Crippen molar-refractivity contribution in [1.29, 1.82) is 0 Å². The third-order valence-electron chi connectivity index (χ3n) is 2.71. The van der Waals surface area contributed by atoms with Crippen molar-refractivity contribution in [2.75, 3.05) is 25.2 Å². The highest BCUT2D eigenvalue weighted by Crippen LogP contribution is 2.21. The summed E-state index contributed by atoms with van der Waals surface area (Å²) in [6.07, 6.45) is 2.63. The van der Waals surface area contributed by atoms with Crippen LogP contribution in [0.2, 0.25) is 0 Å². The van der Waals surface area contributed by atoms with E-state index < -0.39 is 15.3 Å². The molecule has 1 amide bonds. The van der Waals surface area contributed by atoms with E-state index >= 15 is 0 Å². The van der Waals surface area contributed by atoms with Crippen molar-refractivity contribution in [3.05, 3.63) is 18.3 Å². The lowest BCUT2D eigenvalue weighted by Crippen LogP contribution is -2.39. The minimum atomic E-state index is -3.35. The van der Waals surface area contributed by atoms with Crippen LogP contribution in [0, 0.1) is 5.41 Å². The summed E-state index contributed by atoms with van der Waals surface area (Å²) >= 11 is 0. The number of hydrogen-bond acceptors (Lipinski definition) is 5. The largest absolute Gasteiger partial charge is 0.368 e. The quantitative estimate of drug-likeness (QED) is 0.830. The zero-order valence-corrected chi connectivity index (χ0v) is 12.3. The highest BCUT2D eigenvalue weighted by Gasteiger charge is 2.27. The summed E-state index contributed by atoms with van der Waals surface area (Å²) in [7, 11) is -1.79. The second kappa shape index (κ2) is 5.56. The van der Waals surface area contributed by atoms with Crippen LogP contribution in [0.15, 0.2) is 23.2 Å². The van der Waals surface area contributed by atoms with Crippen LogP contribution in [0.4, 0.5) is 5.82 Å². The molecule has 1 aromatic rings. The van der Waals surface area contributed by atoms with Gasteiger partial charge in [0, 0.05) is 26.0 Å². The molecule has 0 aromatic carbocycles. The Kier molecular flexibility index (Phi) is 4.52. The number of amides is 1. The number of pyridine rings is 1. The van der Waals surface area contributed by atoms with E-state index in [0.29, 0.717) is 0 Å². The van der Waals surface area contributed by atoms with E-state index in [9.17, 15) is 13.2 Å². The van der Waals surface area contributed by atoms with Gasteiger partial charge in [0.15, 0.2) is 9.84 Å². The molecule has 1 heterocycles. The lowest BCUT2D eigenvalue weighted by molar-refractivity contribution is -0.128. The summed E-state index contributed by atoms with van der Waals surface area (Å²) in [6, 6.07) is 3.04. The van der Waals surface area contributed by atoms with Crippen LogP contribution >= 0.6 is 0 Å². The van der Waals surface area contributed by atoms with E-state index in [1.165, 1.54) is 12.3 Å². The topological polar surface area (TPSA) is 88.2 Å². The molecule has 0 saturated heterocycles. The van der Waals surface area contributed by atoms with Gasteiger partial charge in [0.25, 0.3) is 0 Å². The van der Waals surface area contributed by atoms with Gasteiger partial charge >= 0.3 is 0 Å². The molecule has 6 nitrogen and oxygen atoms in total. The maximum atomic E-state index is 11.6. The van der Waals surface area contributed by atoms with Crippen LogP contribution in [0.3, 0.4) is 0 Å². The molecule has 0 fully saturated rings. The monoisotopic (exact) mass is 285 g/mol. The number of sulfone groups is 1. The fourth-order valence-corrected chi connectivity index (χ4v) is 2.35. The van der Waals surface area contributed by atoms with Gasteiger partial charge in [-0.15, -0.1) is 0 Å². The molecule has 19 heavy (non-hydrogen) atoms. The second-order valence-electron chi connectivity index (χ2n) is 4.94. The molecular formula is C12H19N3O3S. The van der Waals surface area contributed by atoms with Crippen molar-refractivity contribution >= 4 is 21.6 Å². The number of rotatable bonds is 5. The minimum Gasteiger partial charge on any atom is -0.368 e. The van der Waals surface area contributed by atoms with Crippen LogP contribution in [-0.2, 0) is 14.6 Å². The summed E-state index contributed by atoms with van der Waals surface area (Å²) < 4.78 is 23.2. The summed E-state index contributed by atoms with van der Waals surface area (Å²) in [5.41, 5.74) is -0.666. The molecule has 1 rings (SSSR count). The molecule has 0 saturated carbocycles. The first-order valence-corrected chi connectivity index (χ1v) is 7.69. The number of anilines is 1. The predicted octanol–water partition coefficient (Wildman–Crippen LogP) is 0.669. The van der Waals surface area contributed by atoms with Crippen molar-refractivity contribution in [2.45, 2.75) is 18.7 Å². The van der Waals surface area contributed by atoms with Crippen molar-refractivity contribution in [3.63, 3.8) is 0 Å². The summed E-state index contributed by atoms with van der Waals surface area (Å²) in [5, 5.41) is 5.49. The normalized spacial score (nSPS) is 12.0. The molecule has 0 atom stereocenters. The first-order chi connectivity index (χ1) is 8.68. The zero-order valence-electron chi connectivity index (χ0n) is 11.5. The van der Waals surface area contributed by atoms with E-state index in [2.05, 4.69) is 15.6 Å². The van der Waals surface area contributed by atoms with Gasteiger partial charge in [0.2, 0.25) is 5.91 Å². The fraction of sp³-hybridized carbons (Fsp3) is 0.500. The number of hydrogen-bond donors (Lipinski definition) is 2. The first-order valence-electron chi connectivity index (χ1n) is 5.79. The lowest BCUT2D eigenvalue weighted by atomic mass is 9.92. The van der Waals surface area contributed by atoms with Crippen LogP contribution in [0.5, 0.6) is 0 Å². The molecule has 2 N–H and O–H groups in total. The second-order valence-corrected chi connectivity index (χ2v) is 6.92. The highest BCUT2D eigenvalue weighted by molar-refractivity contribution is 7.90. The van der Waals surface area contributed by atoms with Crippen molar-refractivity contribution < 1.29 is 13.2 Å². The Labute approximate surface area is 113 Å². The van der Waals surface area contributed by atoms with Gasteiger partial charge in [-0.25, -0.2) is 13.4 Å². The van der Waals surface area contributed by atoms with Gasteiger partial charge in [0.1, 0.15) is 10.7 Å². The van der Waals surface area contributed by atoms with Crippen molar-refractivity contribution in [3.8, 4) is 0 Å². The Balaban J connectivity index is 2.94. The third kappa shape index (κ3) is 3.92. The smallest absolute Gasteiger partial charge is 0.227 e. The average Bonchev–Trinajstić information content (AvgIpc) is 2.34. The first kappa shape index (κ1) is 15.4. The third-order valence-corrected chi connectivity index (χ3v) is 3.84. The summed E-state index contributed by atoms with van der Waals surface area (Å²) in [4.78, 5) is 15.8. The summed E-state index contributed by atoms with van der Waals surface area (Å²) in [5.74, 6) is 0.138. The van der Waals surface area contributed by atoms with Crippen LogP contribution in [0.1, 0.15) is 13.8 Å². The Bertz CT molecular complexity index is 567. The van der Waals surface area contributed by atoms with Crippen LogP contribution in [0.25, 0.3) is 0 Å². The number of nitrogens with zero attached hydrogens (tertiary/aromatic N) is 1. The SMILES string of the molecule is CNC(=O)C(C)(C)CNc1ncccc1S(C)(=O)=O. The molecular weight excluding hydrogens is 266 g/mol. The van der Waals surface area contributed by atoms with Gasteiger partial charge in [-0.2, -0.15) is 0 Å². The van der Waals surface area contributed by atoms with Gasteiger partial charge in [0.05, 0.1) is 5.41 Å². The lowest BCUT2D eigenvalue weighted by Gasteiger charge is -2.23. The Morgan fingerprint density at radius 1 is 1.42 bits per heavy atom. The van der Waals surface area contributed by atoms with Crippen molar-refractivity contribution in [1.82, 2.24) is 10.3 Å². The maximum Gasteiger partial charge on any atom is 0.227 e. The molecule has 0 aliphatic carbocycles. The van der Waals surface area contributed by atoms with Gasteiger partial charge in [-0.3, -0.25) is 4.79 Å². The molecule has 0 bridgehead atoms. The fourth-order valence-electron chi connectivity index (χ4n) is 1.55. The Morgan fingerprint density at radius 3 is 2.58 bits per heavy atom. The molecule has 106 valence electrons. The number of carbonyl (C=O) groups excluding carboxylic acids is 1. The number of aromatic nitrogens is 1. The van der Waals surface area contributed by atoms with Crippen LogP contribution < -0.4 is 10.6 Å². The molecule has 7 heteroatoms. The molecule has 0 spiro atoms. The van der Waals surface area contributed by atoms with Gasteiger partial charge in [-0.1, -0.05) is 0 Å². The van der Waals surface area contributed by atoms with E-state index in [4.69, 9.17) is 0 Å². The van der Waals surface area contributed by atoms with Crippen molar-refractivity contribution in [2.24, 2.45) is 5.41 Å². The molecule has 0 radical (unpaired) electrons. The molecule has 1 aromatic heterocycles. The Morgan fingerprint density at radius 2 is 2.05 bits per heavy atom. The average molecular weight is 285 g/mol. The van der Waals surface area contributed by atoms with E-state index in [1.807, 2.05) is 0 Å². The number of nitrogens with one attached hydrogen (secondary N) is 2.